The minimum absolute atomic E-state index is 0.0618. The van der Waals surface area contributed by atoms with Crippen molar-refractivity contribution in [2.45, 2.75) is 25.1 Å². The van der Waals surface area contributed by atoms with E-state index in [9.17, 15) is 19.2 Å². The average molecular weight is 408 g/mol. The normalized spacial score (nSPS) is 19.9. The Labute approximate surface area is 173 Å². The highest BCUT2D eigenvalue weighted by atomic mass is 16.5. The molecule has 0 radical (unpaired) electrons. The van der Waals surface area contributed by atoms with Gasteiger partial charge < -0.3 is 14.4 Å². The fraction of sp³-hybridized carbons (Fsp3) is 0.273. The number of methoxy groups -OCH3 is 1. The van der Waals surface area contributed by atoms with E-state index in [1.807, 2.05) is 0 Å². The van der Waals surface area contributed by atoms with Gasteiger partial charge in [-0.05, 0) is 29.8 Å². The molecule has 2 heterocycles. The molecule has 4 rings (SSSR count). The lowest BCUT2D eigenvalue weighted by Gasteiger charge is -2.46. The second kappa shape index (κ2) is 7.29. The van der Waals surface area contributed by atoms with Crippen molar-refractivity contribution < 1.29 is 28.7 Å². The van der Waals surface area contributed by atoms with Gasteiger partial charge in [0.25, 0.3) is 5.91 Å². The number of para-hydroxylation sites is 1. The maximum absolute atomic E-state index is 13.2. The van der Waals surface area contributed by atoms with Crippen molar-refractivity contribution in [3.8, 4) is 0 Å². The van der Waals surface area contributed by atoms with E-state index < -0.39 is 17.6 Å². The maximum Gasteiger partial charge on any atom is 0.354 e. The Hall–Kier alpha value is -3.68. The summed E-state index contributed by atoms with van der Waals surface area (Å²) in [5.41, 5.74) is 0.329. The molecule has 0 N–H and O–H groups in total. The molecular weight excluding hydrogens is 388 g/mol. The van der Waals surface area contributed by atoms with Crippen molar-refractivity contribution in [3.05, 3.63) is 65.2 Å². The third-order valence-electron chi connectivity index (χ3n) is 5.61. The molecule has 2 aliphatic rings. The quantitative estimate of drug-likeness (QED) is 0.720. The molecule has 8 nitrogen and oxygen atoms in total. The summed E-state index contributed by atoms with van der Waals surface area (Å²) in [6.45, 7) is -0.0618. The summed E-state index contributed by atoms with van der Waals surface area (Å²) in [6.07, 6.45) is 0.289. The molecule has 0 aromatic heterocycles. The topological polar surface area (TPSA) is 93.2 Å². The maximum atomic E-state index is 13.2. The molecule has 0 unspecified atom stereocenters. The number of hydrogen-bond donors (Lipinski definition) is 0. The number of carbonyl (C=O) groups excluding carboxylic acids is 4. The van der Waals surface area contributed by atoms with Crippen LogP contribution in [0.15, 0.2) is 48.5 Å². The summed E-state index contributed by atoms with van der Waals surface area (Å²) in [7, 11) is 2.81. The van der Waals surface area contributed by atoms with E-state index in [4.69, 9.17) is 4.74 Å². The number of likely N-dealkylation sites (N-methyl/N-ethyl adjacent to an activating group) is 1. The van der Waals surface area contributed by atoms with Crippen molar-refractivity contribution in [1.82, 2.24) is 4.90 Å². The second-order valence-corrected chi connectivity index (χ2v) is 7.19. The van der Waals surface area contributed by atoms with Gasteiger partial charge in [0.15, 0.2) is 0 Å². The lowest BCUT2D eigenvalue weighted by atomic mass is 9.97. The lowest BCUT2D eigenvalue weighted by Crippen LogP contribution is -2.67. The number of anilines is 1. The minimum atomic E-state index is -1.51. The predicted molar refractivity (Wildman–Crippen MR) is 106 cm³/mol. The van der Waals surface area contributed by atoms with E-state index in [1.54, 1.807) is 48.5 Å². The Kier molecular flexibility index (Phi) is 4.77. The number of amides is 2. The molecule has 0 spiro atoms. The number of esters is 2. The smallest absolute Gasteiger partial charge is 0.354 e. The Morgan fingerprint density at radius 3 is 2.47 bits per heavy atom. The van der Waals surface area contributed by atoms with Gasteiger partial charge in [-0.2, -0.15) is 0 Å². The molecular formula is C22H20N2O6. The minimum Gasteiger partial charge on any atom is -0.465 e. The molecule has 2 aromatic rings. The van der Waals surface area contributed by atoms with Gasteiger partial charge in [-0.15, -0.1) is 0 Å². The molecule has 2 amide bonds. The summed E-state index contributed by atoms with van der Waals surface area (Å²) >= 11 is 0. The van der Waals surface area contributed by atoms with E-state index in [-0.39, 0.29) is 31.3 Å². The molecule has 8 heteroatoms. The van der Waals surface area contributed by atoms with Crippen molar-refractivity contribution >= 4 is 29.4 Å². The van der Waals surface area contributed by atoms with Crippen LogP contribution in [0, 0.1) is 0 Å². The van der Waals surface area contributed by atoms with Crippen LogP contribution in [-0.2, 0) is 25.7 Å². The van der Waals surface area contributed by atoms with Crippen molar-refractivity contribution in [2.24, 2.45) is 0 Å². The third kappa shape index (κ3) is 2.83. The van der Waals surface area contributed by atoms with Crippen LogP contribution in [0.1, 0.15) is 39.1 Å². The Balaban J connectivity index is 1.60. The monoisotopic (exact) mass is 408 g/mol. The third-order valence-corrected chi connectivity index (χ3v) is 5.61. The zero-order chi connectivity index (χ0) is 21.5. The summed E-state index contributed by atoms with van der Waals surface area (Å²) in [6, 6.07) is 13.2. The molecule has 1 atom stereocenters. The van der Waals surface area contributed by atoms with Gasteiger partial charge in [0.1, 0.15) is 6.61 Å². The highest BCUT2D eigenvalue weighted by Crippen LogP contribution is 2.44. The number of ether oxygens (including phenoxy) is 2. The van der Waals surface area contributed by atoms with Crippen LogP contribution in [-0.4, -0.2) is 48.5 Å². The van der Waals surface area contributed by atoms with Crippen LogP contribution in [0.5, 0.6) is 0 Å². The lowest BCUT2D eigenvalue weighted by molar-refractivity contribution is -0.157. The van der Waals surface area contributed by atoms with Crippen LogP contribution < -0.4 is 4.90 Å². The average Bonchev–Trinajstić information content (AvgIpc) is 3.14. The van der Waals surface area contributed by atoms with Crippen LogP contribution in [0.4, 0.5) is 5.69 Å². The standard InChI is InChI=1S/C22H20N2O6/c1-23-19(26)16-5-3-4-6-17(16)24-18(25)11-12-22(23,24)21(28)30-13-14-7-9-15(10-8-14)20(27)29-2/h3-10H,11-13H2,1-2H3/t22-/m1/s1. The molecule has 1 saturated heterocycles. The summed E-state index contributed by atoms with van der Waals surface area (Å²) < 4.78 is 10.2. The molecule has 30 heavy (non-hydrogen) atoms. The highest BCUT2D eigenvalue weighted by molar-refractivity contribution is 6.15. The van der Waals surface area contributed by atoms with Gasteiger partial charge in [-0.3, -0.25) is 14.5 Å². The molecule has 0 aliphatic carbocycles. The largest absolute Gasteiger partial charge is 0.465 e. The number of fused-ring (bicyclic) bond motifs is 3. The van der Waals surface area contributed by atoms with Crippen molar-refractivity contribution in [2.75, 3.05) is 19.1 Å². The first-order valence-corrected chi connectivity index (χ1v) is 9.45. The number of hydrogen-bond acceptors (Lipinski definition) is 6. The Morgan fingerprint density at radius 2 is 1.77 bits per heavy atom. The molecule has 0 saturated carbocycles. The van der Waals surface area contributed by atoms with Gasteiger partial charge in [0.05, 0.1) is 23.9 Å². The number of benzene rings is 2. The highest BCUT2D eigenvalue weighted by Gasteiger charge is 2.60. The molecule has 154 valence electrons. The molecule has 0 bridgehead atoms. The molecule has 1 fully saturated rings. The molecule has 2 aromatic carbocycles. The second-order valence-electron chi connectivity index (χ2n) is 7.19. The zero-order valence-electron chi connectivity index (χ0n) is 16.6. The summed E-state index contributed by atoms with van der Waals surface area (Å²) in [5.74, 6) is -1.70. The van der Waals surface area contributed by atoms with E-state index >= 15 is 0 Å². The summed E-state index contributed by atoms with van der Waals surface area (Å²) in [4.78, 5) is 53.0. The predicted octanol–water partition coefficient (Wildman–Crippen LogP) is 2.13. The van der Waals surface area contributed by atoms with Crippen LogP contribution >= 0.6 is 0 Å². The fourth-order valence-corrected chi connectivity index (χ4v) is 4.01. The van der Waals surface area contributed by atoms with Crippen molar-refractivity contribution in [3.63, 3.8) is 0 Å². The van der Waals surface area contributed by atoms with Crippen molar-refractivity contribution in [1.29, 1.82) is 0 Å². The number of carbonyl (C=O) groups is 4. The van der Waals surface area contributed by atoms with E-state index in [2.05, 4.69) is 4.74 Å². The van der Waals surface area contributed by atoms with Gasteiger partial charge in [-0.25, -0.2) is 9.59 Å². The van der Waals surface area contributed by atoms with Crippen LogP contribution in [0.25, 0.3) is 0 Å². The van der Waals surface area contributed by atoms with E-state index in [1.165, 1.54) is 24.0 Å². The zero-order valence-corrected chi connectivity index (χ0v) is 16.6. The van der Waals surface area contributed by atoms with Gasteiger partial charge in [0, 0.05) is 19.9 Å². The van der Waals surface area contributed by atoms with Gasteiger partial charge in [0.2, 0.25) is 11.6 Å². The van der Waals surface area contributed by atoms with E-state index in [0.29, 0.717) is 22.4 Å². The Bertz CT molecular complexity index is 1050. The van der Waals surface area contributed by atoms with Crippen LogP contribution in [0.3, 0.4) is 0 Å². The van der Waals surface area contributed by atoms with E-state index in [0.717, 1.165) is 0 Å². The summed E-state index contributed by atoms with van der Waals surface area (Å²) in [5, 5.41) is 0. The van der Waals surface area contributed by atoms with Crippen LogP contribution in [0.2, 0.25) is 0 Å². The first-order chi connectivity index (χ1) is 14.4. The molecule has 2 aliphatic heterocycles. The first kappa shape index (κ1) is 19.6. The number of rotatable bonds is 4. The Morgan fingerprint density at radius 1 is 1.07 bits per heavy atom. The number of nitrogens with zero attached hydrogens (tertiary/aromatic N) is 2. The first-order valence-electron chi connectivity index (χ1n) is 9.45. The van der Waals surface area contributed by atoms with Gasteiger partial charge in [-0.1, -0.05) is 24.3 Å². The SMILES string of the molecule is COC(=O)c1ccc(COC(=O)[C@@]23CCC(=O)N2c2ccccc2C(=O)N3C)cc1. The fourth-order valence-electron chi connectivity index (χ4n) is 4.01. The van der Waals surface area contributed by atoms with Gasteiger partial charge >= 0.3 is 11.9 Å².